The van der Waals surface area contributed by atoms with Crippen molar-refractivity contribution >= 4 is 16.9 Å². The minimum atomic E-state index is -0.894. The van der Waals surface area contributed by atoms with Gasteiger partial charge in [-0.1, -0.05) is 24.3 Å². The van der Waals surface area contributed by atoms with Crippen LogP contribution >= 0.6 is 0 Å². The van der Waals surface area contributed by atoms with Gasteiger partial charge in [0.1, 0.15) is 17.4 Å². The molecule has 3 N–H and O–H groups in total. The van der Waals surface area contributed by atoms with Gasteiger partial charge in [0.25, 0.3) is 0 Å². The normalized spacial score (nSPS) is 18.8. The fourth-order valence-electron chi connectivity index (χ4n) is 5.80. The molecule has 5 aromatic rings. The van der Waals surface area contributed by atoms with Gasteiger partial charge in [0.2, 0.25) is 0 Å². The van der Waals surface area contributed by atoms with Crippen molar-refractivity contribution in [3.8, 4) is 22.9 Å². The summed E-state index contributed by atoms with van der Waals surface area (Å²) in [6, 6.07) is 14.3. The van der Waals surface area contributed by atoms with Crippen LogP contribution in [0.5, 0.6) is 11.5 Å². The molecule has 3 aromatic carbocycles. The van der Waals surface area contributed by atoms with E-state index in [1.54, 1.807) is 6.20 Å². The number of imidazole rings is 1. The van der Waals surface area contributed by atoms with Crippen LogP contribution in [-0.2, 0) is 21.4 Å². The first-order valence-corrected chi connectivity index (χ1v) is 13.6. The van der Waals surface area contributed by atoms with Crippen molar-refractivity contribution in [3.05, 3.63) is 101 Å². The van der Waals surface area contributed by atoms with Crippen LogP contribution in [0.1, 0.15) is 43.0 Å². The second kappa shape index (κ2) is 11.0. The molecule has 7 nitrogen and oxygen atoms in total. The van der Waals surface area contributed by atoms with Gasteiger partial charge in [-0.2, -0.15) is 0 Å². The Balaban J connectivity index is 1.35. The molecule has 0 spiro atoms. The molecule has 1 aliphatic rings. The number of aliphatic carboxylic acids is 1. The number of halogens is 3. The monoisotopic (exact) mass is 575 g/mol. The summed E-state index contributed by atoms with van der Waals surface area (Å²) in [7, 11) is 0. The van der Waals surface area contributed by atoms with E-state index in [0.717, 1.165) is 29.0 Å². The Hall–Kier alpha value is -4.57. The van der Waals surface area contributed by atoms with Gasteiger partial charge in [0, 0.05) is 48.0 Å². The number of carboxylic acids is 1. The van der Waals surface area contributed by atoms with Crippen LogP contribution < -0.4 is 4.74 Å². The molecule has 42 heavy (non-hydrogen) atoms. The molecular formula is C32H28F3N3O4. The van der Waals surface area contributed by atoms with Crippen molar-refractivity contribution in [2.75, 3.05) is 6.61 Å². The summed E-state index contributed by atoms with van der Waals surface area (Å²) in [5.41, 5.74) is 2.48. The number of aromatic nitrogens is 3. The molecule has 0 aliphatic carbocycles. The van der Waals surface area contributed by atoms with E-state index in [4.69, 9.17) is 14.6 Å². The number of carbonyl (C=O) groups is 1. The first-order valence-electron chi connectivity index (χ1n) is 13.6. The summed E-state index contributed by atoms with van der Waals surface area (Å²) in [5.74, 6) is -3.52. The van der Waals surface area contributed by atoms with E-state index in [-0.39, 0.29) is 35.0 Å². The lowest BCUT2D eigenvalue weighted by Gasteiger charge is -2.40. The van der Waals surface area contributed by atoms with E-state index in [1.807, 2.05) is 31.2 Å². The number of carboxylic acid groups (broad SMARTS) is 1. The molecule has 0 radical (unpaired) electrons. The lowest BCUT2D eigenvalue weighted by molar-refractivity contribution is -0.136. The number of ether oxygens (including phenoxy) is 2. The molecule has 1 fully saturated rings. The van der Waals surface area contributed by atoms with E-state index >= 15 is 4.39 Å². The van der Waals surface area contributed by atoms with Gasteiger partial charge in [0.05, 0.1) is 17.2 Å². The van der Waals surface area contributed by atoms with E-state index < -0.39 is 34.6 Å². The maximum absolute atomic E-state index is 15.1. The van der Waals surface area contributed by atoms with Crippen LogP contribution in [0.25, 0.3) is 22.3 Å². The summed E-state index contributed by atoms with van der Waals surface area (Å²) >= 11 is 0. The molecular weight excluding hydrogens is 547 g/mol. The van der Waals surface area contributed by atoms with Crippen molar-refractivity contribution in [2.45, 2.75) is 44.1 Å². The third-order valence-corrected chi connectivity index (χ3v) is 7.88. The van der Waals surface area contributed by atoms with Gasteiger partial charge in [-0.05, 0) is 61.6 Å². The van der Waals surface area contributed by atoms with Gasteiger partial charge in [-0.25, -0.2) is 18.2 Å². The molecule has 3 heterocycles. The number of fused-ring (bicyclic) bond motifs is 1. The van der Waals surface area contributed by atoms with Crippen molar-refractivity contribution in [2.24, 2.45) is 0 Å². The molecule has 216 valence electrons. The Kier molecular flexibility index (Phi) is 7.24. The Morgan fingerprint density at radius 1 is 1.14 bits per heavy atom. The molecule has 0 bridgehead atoms. The number of benzene rings is 3. The fourth-order valence-corrected chi connectivity index (χ4v) is 5.80. The van der Waals surface area contributed by atoms with E-state index in [0.29, 0.717) is 31.4 Å². The quantitative estimate of drug-likeness (QED) is 0.181. The molecule has 6 rings (SSSR count). The zero-order valence-corrected chi connectivity index (χ0v) is 22.7. The number of nitrogens with one attached hydrogen (secondary N) is 2. The average molecular weight is 576 g/mol. The second-order valence-corrected chi connectivity index (χ2v) is 10.6. The number of hydrogen-bond donors (Lipinski definition) is 3. The largest absolute Gasteiger partial charge is 0.481 e. The van der Waals surface area contributed by atoms with Gasteiger partial charge in [0.15, 0.2) is 17.4 Å². The Labute approximate surface area is 239 Å². The van der Waals surface area contributed by atoms with Crippen molar-refractivity contribution < 1.29 is 32.5 Å². The zero-order chi connectivity index (χ0) is 29.4. The SMILES string of the molecule is C[C@H]1C[C@](c2cccc(CCC(=O)O)c2)(c2cnc(-c3cc(Oc4c(F)cc5[nH]ccc5c4F)ccc3F)[nH]2)CCO1. The number of rotatable bonds is 8. The highest BCUT2D eigenvalue weighted by atomic mass is 19.1. The van der Waals surface area contributed by atoms with Crippen LogP contribution in [0.3, 0.4) is 0 Å². The lowest BCUT2D eigenvalue weighted by Crippen LogP contribution is -2.39. The number of aromatic amines is 2. The minimum Gasteiger partial charge on any atom is -0.481 e. The topological polar surface area (TPSA) is 100 Å². The summed E-state index contributed by atoms with van der Waals surface area (Å²) in [5, 5.41) is 9.32. The Morgan fingerprint density at radius 2 is 2.00 bits per heavy atom. The predicted octanol–water partition coefficient (Wildman–Crippen LogP) is 7.27. The average Bonchev–Trinajstić information content (AvgIpc) is 3.66. The van der Waals surface area contributed by atoms with Gasteiger partial charge < -0.3 is 24.5 Å². The van der Waals surface area contributed by atoms with Crippen molar-refractivity contribution in [3.63, 3.8) is 0 Å². The summed E-state index contributed by atoms with van der Waals surface area (Å²) in [6.45, 7) is 2.48. The third kappa shape index (κ3) is 5.14. The first-order chi connectivity index (χ1) is 20.2. The highest BCUT2D eigenvalue weighted by Gasteiger charge is 2.40. The fraction of sp³-hybridized carbons (Fsp3) is 0.250. The molecule has 2 aromatic heterocycles. The molecule has 0 unspecified atom stereocenters. The standard InChI is InChI=1S/C32H28F3N3O4/c1-18-16-32(10-12-41-18,20-4-2-3-19(13-20)5-8-28(39)40)27-17-37-31(38-27)23-14-21(6-7-24(23)33)42-30-25(34)15-26-22(29(30)35)9-11-36-26/h2-4,6-7,9,11,13-15,17-18,36H,5,8,10,12,16H2,1H3,(H,37,38)(H,39,40)/t18-,32+/m0/s1. The van der Waals surface area contributed by atoms with E-state index in [1.165, 1.54) is 24.4 Å². The third-order valence-electron chi connectivity index (χ3n) is 7.88. The Bertz CT molecular complexity index is 1780. The number of hydrogen-bond acceptors (Lipinski definition) is 4. The molecule has 1 saturated heterocycles. The minimum absolute atomic E-state index is 0.0225. The van der Waals surface area contributed by atoms with E-state index in [2.05, 4.69) is 15.0 Å². The Morgan fingerprint density at radius 3 is 2.81 bits per heavy atom. The molecule has 1 aliphatic heterocycles. The van der Waals surface area contributed by atoms with Crippen LogP contribution in [-0.4, -0.2) is 38.7 Å². The van der Waals surface area contributed by atoms with Gasteiger partial charge >= 0.3 is 5.97 Å². The van der Waals surface area contributed by atoms with Crippen LogP contribution in [0, 0.1) is 17.5 Å². The van der Waals surface area contributed by atoms with Crippen LogP contribution in [0.2, 0.25) is 0 Å². The smallest absolute Gasteiger partial charge is 0.303 e. The lowest BCUT2D eigenvalue weighted by atomic mass is 9.70. The molecule has 0 saturated carbocycles. The number of aryl methyl sites for hydroxylation is 1. The second-order valence-electron chi connectivity index (χ2n) is 10.6. The zero-order valence-electron chi connectivity index (χ0n) is 22.7. The first kappa shape index (κ1) is 27.6. The highest BCUT2D eigenvalue weighted by molar-refractivity contribution is 5.82. The van der Waals surface area contributed by atoms with Gasteiger partial charge in [-0.15, -0.1) is 0 Å². The van der Waals surface area contributed by atoms with Crippen molar-refractivity contribution in [1.29, 1.82) is 0 Å². The number of nitrogens with zero attached hydrogens (tertiary/aromatic N) is 1. The molecule has 0 amide bonds. The van der Waals surface area contributed by atoms with Crippen molar-refractivity contribution in [1.82, 2.24) is 15.0 Å². The summed E-state index contributed by atoms with van der Waals surface area (Å²) in [6.07, 6.45) is 4.78. The summed E-state index contributed by atoms with van der Waals surface area (Å²) in [4.78, 5) is 21.7. The maximum atomic E-state index is 15.1. The van der Waals surface area contributed by atoms with Crippen LogP contribution in [0.4, 0.5) is 13.2 Å². The predicted molar refractivity (Wildman–Crippen MR) is 150 cm³/mol. The molecule has 2 atom stereocenters. The highest BCUT2D eigenvalue weighted by Crippen LogP contribution is 2.43. The van der Waals surface area contributed by atoms with E-state index in [9.17, 15) is 13.6 Å². The van der Waals surface area contributed by atoms with Crippen LogP contribution in [0.15, 0.2) is 67.0 Å². The maximum Gasteiger partial charge on any atom is 0.303 e. The molecule has 10 heteroatoms. The van der Waals surface area contributed by atoms with Gasteiger partial charge in [-0.3, -0.25) is 4.79 Å². The number of H-pyrrole nitrogens is 2. The summed E-state index contributed by atoms with van der Waals surface area (Å²) < 4.78 is 56.2.